The van der Waals surface area contributed by atoms with Crippen LogP contribution in [0.25, 0.3) is 0 Å². The first kappa shape index (κ1) is 16.3. The van der Waals surface area contributed by atoms with Crippen LogP contribution in [-0.4, -0.2) is 30.6 Å². The van der Waals surface area contributed by atoms with E-state index in [2.05, 4.69) is 11.8 Å². The van der Waals surface area contributed by atoms with Crippen LogP contribution in [-0.2, 0) is 14.9 Å². The quantitative estimate of drug-likeness (QED) is 0.779. The average Bonchev–Trinajstić information content (AvgIpc) is 2.98. The molecule has 0 aromatic carbocycles. The largest absolute Gasteiger partial charge is 0.465 e. The molecule has 0 N–H and O–H groups in total. The summed E-state index contributed by atoms with van der Waals surface area (Å²) in [6, 6.07) is 0. The lowest BCUT2D eigenvalue weighted by molar-refractivity contribution is -0.148. The average molecular weight is 310 g/mol. The molecule has 1 fully saturated rings. The zero-order chi connectivity index (χ0) is 15.5. The number of ether oxygens (including phenoxy) is 1. The zero-order valence-corrected chi connectivity index (χ0v) is 14.3. The van der Waals surface area contributed by atoms with Gasteiger partial charge in [-0.3, -0.25) is 4.79 Å². The fraction of sp³-hybridized carbons (Fsp3) is 0.750. The first-order valence-electron chi connectivity index (χ1n) is 7.87. The SMILES string of the molecule is CCOC(=O)C(C)(C)c1csc(N2CCCC(CC)C2)n1. The standard InChI is InChI=1S/C16H26N2O2S/c1-5-12-8-7-9-18(10-12)15-17-13(11-21-15)16(3,4)14(19)20-6-2/h11-12H,5-10H2,1-4H3. The van der Waals surface area contributed by atoms with Crippen molar-refractivity contribution in [2.45, 2.75) is 52.4 Å². The minimum absolute atomic E-state index is 0.202. The molecule has 1 aliphatic heterocycles. The van der Waals surface area contributed by atoms with Gasteiger partial charge in [-0.25, -0.2) is 4.98 Å². The molecule has 2 rings (SSSR count). The Balaban J connectivity index is 2.12. The third-order valence-corrected chi connectivity index (χ3v) is 5.19. The minimum Gasteiger partial charge on any atom is -0.465 e. The maximum Gasteiger partial charge on any atom is 0.317 e. The van der Waals surface area contributed by atoms with Crippen molar-refractivity contribution in [3.05, 3.63) is 11.1 Å². The molecule has 1 aromatic heterocycles. The van der Waals surface area contributed by atoms with E-state index in [0.29, 0.717) is 6.61 Å². The summed E-state index contributed by atoms with van der Waals surface area (Å²) < 4.78 is 5.16. The van der Waals surface area contributed by atoms with Gasteiger partial charge in [0.2, 0.25) is 0 Å². The smallest absolute Gasteiger partial charge is 0.317 e. The number of carbonyl (C=O) groups is 1. The second-order valence-corrected chi connectivity index (χ2v) is 7.06. The van der Waals surface area contributed by atoms with E-state index in [1.54, 1.807) is 11.3 Å². The highest BCUT2D eigenvalue weighted by molar-refractivity contribution is 7.13. The molecule has 0 spiro atoms. The minimum atomic E-state index is -0.676. The van der Waals surface area contributed by atoms with Gasteiger partial charge < -0.3 is 9.64 Å². The first-order chi connectivity index (χ1) is 9.98. The van der Waals surface area contributed by atoms with E-state index in [1.165, 1.54) is 19.3 Å². The molecule has 0 aliphatic carbocycles. The van der Waals surface area contributed by atoms with Gasteiger partial charge in [0, 0.05) is 18.5 Å². The zero-order valence-electron chi connectivity index (χ0n) is 13.5. The molecule has 0 saturated carbocycles. The molecular weight excluding hydrogens is 284 g/mol. The predicted molar refractivity (Wildman–Crippen MR) is 87.0 cm³/mol. The Kier molecular flexibility index (Phi) is 5.25. The fourth-order valence-electron chi connectivity index (χ4n) is 2.68. The van der Waals surface area contributed by atoms with Gasteiger partial charge in [0.15, 0.2) is 5.13 Å². The van der Waals surface area contributed by atoms with Gasteiger partial charge in [0.1, 0.15) is 5.41 Å². The normalized spacial score (nSPS) is 19.6. The van der Waals surface area contributed by atoms with Crippen molar-refractivity contribution < 1.29 is 9.53 Å². The number of rotatable bonds is 5. The maximum atomic E-state index is 12.1. The van der Waals surface area contributed by atoms with Crippen LogP contribution in [0.5, 0.6) is 0 Å². The summed E-state index contributed by atoms with van der Waals surface area (Å²) in [6.45, 7) is 10.4. The van der Waals surface area contributed by atoms with Gasteiger partial charge in [-0.15, -0.1) is 11.3 Å². The van der Waals surface area contributed by atoms with Crippen LogP contribution >= 0.6 is 11.3 Å². The Bertz CT molecular complexity index is 484. The third-order valence-electron chi connectivity index (χ3n) is 4.29. The number of aromatic nitrogens is 1. The molecule has 1 unspecified atom stereocenters. The number of carbonyl (C=O) groups excluding carboxylic acids is 1. The predicted octanol–water partition coefficient (Wildman–Crippen LogP) is 3.61. The van der Waals surface area contributed by atoms with E-state index in [1.807, 2.05) is 26.2 Å². The highest BCUT2D eigenvalue weighted by atomic mass is 32.1. The number of hydrogen-bond acceptors (Lipinski definition) is 5. The van der Waals surface area contributed by atoms with Crippen molar-refractivity contribution in [2.24, 2.45) is 5.92 Å². The molecule has 5 heteroatoms. The summed E-state index contributed by atoms with van der Waals surface area (Å²) >= 11 is 1.64. The van der Waals surface area contributed by atoms with Crippen LogP contribution in [0, 0.1) is 5.92 Å². The van der Waals surface area contributed by atoms with E-state index in [9.17, 15) is 4.79 Å². The summed E-state index contributed by atoms with van der Waals surface area (Å²) in [5.74, 6) is 0.566. The van der Waals surface area contributed by atoms with Crippen LogP contribution in [0.15, 0.2) is 5.38 Å². The van der Waals surface area contributed by atoms with Crippen molar-refractivity contribution in [2.75, 3.05) is 24.6 Å². The highest BCUT2D eigenvalue weighted by Gasteiger charge is 2.34. The number of piperidine rings is 1. The molecule has 0 amide bonds. The van der Waals surface area contributed by atoms with Crippen LogP contribution in [0.4, 0.5) is 5.13 Å². The lowest BCUT2D eigenvalue weighted by atomic mass is 9.90. The molecule has 4 nitrogen and oxygen atoms in total. The molecule has 0 bridgehead atoms. The molecule has 0 radical (unpaired) electrons. The molecule has 2 heterocycles. The molecule has 1 aliphatic rings. The van der Waals surface area contributed by atoms with Gasteiger partial charge in [0.05, 0.1) is 12.3 Å². The van der Waals surface area contributed by atoms with E-state index in [0.717, 1.165) is 29.8 Å². The Morgan fingerprint density at radius 3 is 2.95 bits per heavy atom. The second-order valence-electron chi connectivity index (χ2n) is 6.22. The molecule has 1 atom stereocenters. The number of anilines is 1. The summed E-state index contributed by atoms with van der Waals surface area (Å²) in [5.41, 5.74) is 0.143. The van der Waals surface area contributed by atoms with Crippen molar-refractivity contribution in [3.8, 4) is 0 Å². The molecule has 21 heavy (non-hydrogen) atoms. The van der Waals surface area contributed by atoms with Gasteiger partial charge >= 0.3 is 5.97 Å². The van der Waals surface area contributed by atoms with Gasteiger partial charge in [-0.1, -0.05) is 13.3 Å². The van der Waals surface area contributed by atoms with Crippen molar-refractivity contribution in [1.29, 1.82) is 0 Å². The summed E-state index contributed by atoms with van der Waals surface area (Å²) in [7, 11) is 0. The van der Waals surface area contributed by atoms with E-state index < -0.39 is 5.41 Å². The number of nitrogens with zero attached hydrogens (tertiary/aromatic N) is 2. The first-order valence-corrected chi connectivity index (χ1v) is 8.75. The number of esters is 1. The Morgan fingerprint density at radius 1 is 1.52 bits per heavy atom. The maximum absolute atomic E-state index is 12.1. The topological polar surface area (TPSA) is 42.4 Å². The van der Waals surface area contributed by atoms with Gasteiger partial charge in [-0.05, 0) is 39.5 Å². The summed E-state index contributed by atoms with van der Waals surface area (Å²) in [6.07, 6.45) is 3.78. The third kappa shape index (κ3) is 3.57. The van der Waals surface area contributed by atoms with Crippen LogP contribution in [0.3, 0.4) is 0 Å². The highest BCUT2D eigenvalue weighted by Crippen LogP contribution is 2.32. The lowest BCUT2D eigenvalue weighted by Gasteiger charge is -2.32. The van der Waals surface area contributed by atoms with E-state index in [-0.39, 0.29) is 5.97 Å². The van der Waals surface area contributed by atoms with Crippen LogP contribution < -0.4 is 4.90 Å². The Labute approximate surface area is 131 Å². The molecule has 1 saturated heterocycles. The summed E-state index contributed by atoms with van der Waals surface area (Å²) in [5, 5.41) is 3.04. The van der Waals surface area contributed by atoms with Crippen LogP contribution in [0.2, 0.25) is 0 Å². The van der Waals surface area contributed by atoms with E-state index in [4.69, 9.17) is 9.72 Å². The van der Waals surface area contributed by atoms with Crippen molar-refractivity contribution >= 4 is 22.4 Å². The van der Waals surface area contributed by atoms with Crippen molar-refractivity contribution in [1.82, 2.24) is 4.98 Å². The number of hydrogen-bond donors (Lipinski definition) is 0. The number of thiazole rings is 1. The molecular formula is C16H26N2O2S. The summed E-state index contributed by atoms with van der Waals surface area (Å²) in [4.78, 5) is 19.2. The van der Waals surface area contributed by atoms with E-state index >= 15 is 0 Å². The monoisotopic (exact) mass is 310 g/mol. The Hall–Kier alpha value is -1.10. The molecule has 118 valence electrons. The van der Waals surface area contributed by atoms with Crippen LogP contribution in [0.1, 0.15) is 52.7 Å². The molecule has 1 aromatic rings. The lowest BCUT2D eigenvalue weighted by Crippen LogP contribution is -2.35. The second kappa shape index (κ2) is 6.77. The van der Waals surface area contributed by atoms with Gasteiger partial charge in [-0.2, -0.15) is 0 Å². The van der Waals surface area contributed by atoms with Crippen molar-refractivity contribution in [3.63, 3.8) is 0 Å². The fourth-order valence-corrected chi connectivity index (χ4v) is 3.72. The van der Waals surface area contributed by atoms with Gasteiger partial charge in [0.25, 0.3) is 0 Å². The Morgan fingerprint density at radius 2 is 2.29 bits per heavy atom.